The fourth-order valence-corrected chi connectivity index (χ4v) is 2.34. The highest BCUT2D eigenvalue weighted by Crippen LogP contribution is 2.20. The molecule has 2 N–H and O–H groups in total. The number of nitrogens with one attached hydrogen (secondary N) is 1. The summed E-state index contributed by atoms with van der Waals surface area (Å²) in [6.45, 7) is 8.80. The van der Waals surface area contributed by atoms with E-state index in [0.29, 0.717) is 12.6 Å². The van der Waals surface area contributed by atoms with Crippen molar-refractivity contribution in [3.05, 3.63) is 29.3 Å². The number of aliphatic hydroxyl groups excluding tert-OH is 1. The summed E-state index contributed by atoms with van der Waals surface area (Å²) >= 11 is 0. The van der Waals surface area contributed by atoms with Gasteiger partial charge in [0.05, 0.1) is 0 Å². The van der Waals surface area contributed by atoms with E-state index < -0.39 is 0 Å². The van der Waals surface area contributed by atoms with Gasteiger partial charge in [-0.05, 0) is 43.4 Å². The first-order valence-corrected chi connectivity index (χ1v) is 7.69. The number of unbranched alkanes of at least 4 members (excludes halogenated alkanes) is 2. The van der Waals surface area contributed by atoms with Crippen molar-refractivity contribution in [3.8, 4) is 0 Å². The molecule has 114 valence electrons. The lowest BCUT2D eigenvalue weighted by atomic mass is 10.1. The summed E-state index contributed by atoms with van der Waals surface area (Å²) < 4.78 is 0. The molecule has 1 rings (SSSR count). The van der Waals surface area contributed by atoms with Gasteiger partial charge in [0.25, 0.3) is 0 Å². The molecule has 0 atom stereocenters. The van der Waals surface area contributed by atoms with Gasteiger partial charge in [0, 0.05) is 38.5 Å². The van der Waals surface area contributed by atoms with Gasteiger partial charge in [0.2, 0.25) is 0 Å². The van der Waals surface area contributed by atoms with Crippen LogP contribution in [0.4, 0.5) is 5.69 Å². The minimum atomic E-state index is 0.306. The van der Waals surface area contributed by atoms with Crippen molar-refractivity contribution in [1.82, 2.24) is 5.32 Å². The first kappa shape index (κ1) is 17.0. The Hall–Kier alpha value is -1.06. The number of aryl methyl sites for hydroxylation is 1. The van der Waals surface area contributed by atoms with Gasteiger partial charge in [-0.15, -0.1) is 0 Å². The highest BCUT2D eigenvalue weighted by Gasteiger charge is 2.05. The average molecular weight is 278 g/mol. The molecule has 1 aromatic rings. The molecule has 3 nitrogen and oxygen atoms in total. The standard InChI is InChI=1S/C17H30N2O/c1-14(2)18-13-16-8-9-17(15(3)12-16)19(4)10-6-5-7-11-20/h8-9,12,14,18,20H,5-7,10-11,13H2,1-4H3. The van der Waals surface area contributed by atoms with E-state index in [1.165, 1.54) is 16.8 Å². The molecule has 0 unspecified atom stereocenters. The highest BCUT2D eigenvalue weighted by molar-refractivity contribution is 5.53. The summed E-state index contributed by atoms with van der Waals surface area (Å²) in [5.74, 6) is 0. The number of nitrogens with zero attached hydrogens (tertiary/aromatic N) is 1. The summed E-state index contributed by atoms with van der Waals surface area (Å²) in [6.07, 6.45) is 3.13. The lowest BCUT2D eigenvalue weighted by Gasteiger charge is -2.22. The van der Waals surface area contributed by atoms with Crippen molar-refractivity contribution in [2.45, 2.75) is 52.6 Å². The molecule has 0 aromatic heterocycles. The summed E-state index contributed by atoms with van der Waals surface area (Å²) in [6, 6.07) is 7.22. The maximum absolute atomic E-state index is 8.79. The molecule has 0 spiro atoms. The number of aliphatic hydroxyl groups is 1. The van der Waals surface area contributed by atoms with Crippen LogP contribution in [-0.2, 0) is 6.54 Å². The second kappa shape index (κ2) is 8.98. The molecule has 20 heavy (non-hydrogen) atoms. The van der Waals surface area contributed by atoms with Gasteiger partial charge < -0.3 is 15.3 Å². The van der Waals surface area contributed by atoms with Crippen molar-refractivity contribution in [3.63, 3.8) is 0 Å². The molecule has 0 saturated carbocycles. The van der Waals surface area contributed by atoms with Crippen molar-refractivity contribution < 1.29 is 5.11 Å². The predicted octanol–water partition coefficient (Wildman–Crippen LogP) is 3.09. The van der Waals surface area contributed by atoms with Crippen molar-refractivity contribution in [2.75, 3.05) is 25.1 Å². The Labute approximate surface area is 124 Å². The molecule has 0 radical (unpaired) electrons. The van der Waals surface area contributed by atoms with E-state index in [2.05, 4.69) is 56.2 Å². The Morgan fingerprint density at radius 3 is 2.55 bits per heavy atom. The Morgan fingerprint density at radius 2 is 1.95 bits per heavy atom. The molecule has 0 heterocycles. The fraction of sp³-hybridized carbons (Fsp3) is 0.647. The Balaban J connectivity index is 2.53. The van der Waals surface area contributed by atoms with Crippen molar-refractivity contribution in [2.24, 2.45) is 0 Å². The van der Waals surface area contributed by atoms with Crippen molar-refractivity contribution >= 4 is 5.69 Å². The molecule has 0 bridgehead atoms. The Bertz CT molecular complexity index is 391. The number of benzene rings is 1. The maximum atomic E-state index is 8.79. The van der Waals surface area contributed by atoms with Gasteiger partial charge in [-0.1, -0.05) is 26.0 Å². The topological polar surface area (TPSA) is 35.5 Å². The van der Waals surface area contributed by atoms with Gasteiger partial charge in [-0.3, -0.25) is 0 Å². The third-order valence-corrected chi connectivity index (χ3v) is 3.54. The third kappa shape index (κ3) is 5.93. The lowest BCUT2D eigenvalue weighted by molar-refractivity contribution is 0.283. The smallest absolute Gasteiger partial charge is 0.0431 e. The van der Waals surface area contributed by atoms with Crippen molar-refractivity contribution in [1.29, 1.82) is 0 Å². The quantitative estimate of drug-likeness (QED) is 0.681. The summed E-state index contributed by atoms with van der Waals surface area (Å²) in [5, 5.41) is 12.2. The number of anilines is 1. The van der Waals surface area contributed by atoms with Gasteiger partial charge in [-0.2, -0.15) is 0 Å². The van der Waals surface area contributed by atoms with E-state index in [0.717, 1.165) is 32.4 Å². The van der Waals surface area contributed by atoms with Crippen LogP contribution < -0.4 is 10.2 Å². The number of hydrogen-bond donors (Lipinski definition) is 2. The Kier molecular flexibility index (Phi) is 7.63. The number of hydrogen-bond acceptors (Lipinski definition) is 3. The molecular weight excluding hydrogens is 248 g/mol. The van der Waals surface area contributed by atoms with Gasteiger partial charge in [-0.25, -0.2) is 0 Å². The van der Waals surface area contributed by atoms with Crippen LogP contribution in [0.15, 0.2) is 18.2 Å². The van der Waals surface area contributed by atoms with E-state index in [1.807, 2.05) is 0 Å². The monoisotopic (exact) mass is 278 g/mol. The molecule has 0 aliphatic carbocycles. The van der Waals surface area contributed by atoms with E-state index in [4.69, 9.17) is 5.11 Å². The van der Waals surface area contributed by atoms with E-state index in [9.17, 15) is 0 Å². The molecule has 0 aliphatic heterocycles. The first-order chi connectivity index (χ1) is 9.54. The van der Waals surface area contributed by atoms with Crippen LogP contribution in [0.5, 0.6) is 0 Å². The minimum Gasteiger partial charge on any atom is -0.396 e. The maximum Gasteiger partial charge on any atom is 0.0431 e. The van der Waals surface area contributed by atoms with Gasteiger partial charge >= 0.3 is 0 Å². The second-order valence-electron chi connectivity index (χ2n) is 5.86. The molecule has 0 aliphatic rings. The molecule has 0 amide bonds. The van der Waals surface area contributed by atoms with Crippen LogP contribution in [0.3, 0.4) is 0 Å². The van der Waals surface area contributed by atoms with Crippen LogP contribution in [0.25, 0.3) is 0 Å². The minimum absolute atomic E-state index is 0.306. The first-order valence-electron chi connectivity index (χ1n) is 7.69. The van der Waals surface area contributed by atoms with Crippen LogP contribution in [0.2, 0.25) is 0 Å². The van der Waals surface area contributed by atoms with Crippen LogP contribution >= 0.6 is 0 Å². The van der Waals surface area contributed by atoms with E-state index >= 15 is 0 Å². The van der Waals surface area contributed by atoms with Gasteiger partial charge in [0.15, 0.2) is 0 Å². The average Bonchev–Trinajstić information content (AvgIpc) is 2.41. The summed E-state index contributed by atoms with van der Waals surface area (Å²) in [5.41, 5.74) is 3.98. The lowest BCUT2D eigenvalue weighted by Crippen LogP contribution is -2.22. The third-order valence-electron chi connectivity index (χ3n) is 3.54. The molecule has 0 fully saturated rings. The van der Waals surface area contributed by atoms with E-state index in [1.54, 1.807) is 0 Å². The Morgan fingerprint density at radius 1 is 1.20 bits per heavy atom. The molecule has 0 saturated heterocycles. The molecule has 3 heteroatoms. The van der Waals surface area contributed by atoms with Crippen LogP contribution in [-0.4, -0.2) is 31.3 Å². The van der Waals surface area contributed by atoms with Crippen LogP contribution in [0.1, 0.15) is 44.2 Å². The van der Waals surface area contributed by atoms with Gasteiger partial charge in [0.1, 0.15) is 0 Å². The van der Waals surface area contributed by atoms with Crippen LogP contribution in [0, 0.1) is 6.92 Å². The SMILES string of the molecule is Cc1cc(CNC(C)C)ccc1N(C)CCCCCO. The fourth-order valence-electron chi connectivity index (χ4n) is 2.34. The number of rotatable bonds is 9. The zero-order chi connectivity index (χ0) is 15.0. The second-order valence-corrected chi connectivity index (χ2v) is 5.86. The predicted molar refractivity (Wildman–Crippen MR) is 87.4 cm³/mol. The zero-order valence-electron chi connectivity index (χ0n) is 13.4. The largest absolute Gasteiger partial charge is 0.396 e. The highest BCUT2D eigenvalue weighted by atomic mass is 16.2. The summed E-state index contributed by atoms with van der Waals surface area (Å²) in [4.78, 5) is 2.31. The molecular formula is C17H30N2O. The zero-order valence-corrected chi connectivity index (χ0v) is 13.4. The normalized spacial score (nSPS) is 11.1. The summed E-state index contributed by atoms with van der Waals surface area (Å²) in [7, 11) is 2.15. The molecule has 1 aromatic carbocycles. The van der Waals surface area contributed by atoms with E-state index in [-0.39, 0.29) is 0 Å².